The summed E-state index contributed by atoms with van der Waals surface area (Å²) in [4.78, 5) is 13.7. The number of hydrogen-bond acceptors (Lipinski definition) is 6. The summed E-state index contributed by atoms with van der Waals surface area (Å²) in [5.74, 6) is 1.13. The minimum absolute atomic E-state index is 0.104. The molecule has 0 bridgehead atoms. The van der Waals surface area contributed by atoms with Crippen LogP contribution in [0.25, 0.3) is 0 Å². The van der Waals surface area contributed by atoms with Gasteiger partial charge in [0.25, 0.3) is 0 Å². The molecule has 0 aromatic carbocycles. The summed E-state index contributed by atoms with van der Waals surface area (Å²) in [6.45, 7) is 4.97. The van der Waals surface area contributed by atoms with Crippen molar-refractivity contribution >= 4 is 34.0 Å². The molecule has 0 saturated carbocycles. The number of rotatable bonds is 7. The van der Waals surface area contributed by atoms with Gasteiger partial charge in [-0.1, -0.05) is 18.7 Å². The maximum Gasteiger partial charge on any atom is 0.235 e. The van der Waals surface area contributed by atoms with E-state index in [0.29, 0.717) is 10.6 Å². The van der Waals surface area contributed by atoms with E-state index in [9.17, 15) is 10.1 Å². The Hall–Kier alpha value is -1.85. The number of aromatic nitrogens is 3. The Morgan fingerprint density at radius 1 is 1.35 bits per heavy atom. The molecule has 0 atom stereocenters. The highest BCUT2D eigenvalue weighted by molar-refractivity contribution is 7.99. The zero-order chi connectivity index (χ0) is 18.5. The van der Waals surface area contributed by atoms with Gasteiger partial charge in [0, 0.05) is 17.8 Å². The number of thioether (sulfide) groups is 1. The Morgan fingerprint density at radius 2 is 2.15 bits per heavy atom. The normalized spacial score (nSPS) is 13.3. The Kier molecular flexibility index (Phi) is 6.33. The molecule has 1 aliphatic rings. The standard InChI is InChI=1S/C18H23N5OS2/c1-3-7-15-21-22-18(23(15)4-2)25-11-16(24)20-17-13(10-19)12-8-5-6-9-14(12)26-17/h3-9,11H2,1-2H3,(H,20,24). The van der Waals surface area contributed by atoms with Gasteiger partial charge in [0.05, 0.1) is 11.3 Å². The Labute approximate surface area is 162 Å². The SMILES string of the molecule is CCCc1nnc(SCC(=O)Nc2sc3c(c2C#N)CCCC3)n1CC. The molecule has 26 heavy (non-hydrogen) atoms. The molecule has 3 rings (SSSR count). The Bertz CT molecular complexity index is 833. The first kappa shape index (κ1) is 18.9. The van der Waals surface area contributed by atoms with E-state index >= 15 is 0 Å². The highest BCUT2D eigenvalue weighted by Gasteiger charge is 2.22. The quantitative estimate of drug-likeness (QED) is 0.728. The topological polar surface area (TPSA) is 83.6 Å². The number of nitrogens with zero attached hydrogens (tertiary/aromatic N) is 4. The lowest BCUT2D eigenvalue weighted by Gasteiger charge is -2.09. The van der Waals surface area contributed by atoms with Crippen LogP contribution in [-0.2, 0) is 30.6 Å². The number of fused-ring (bicyclic) bond motifs is 1. The first-order chi connectivity index (χ1) is 12.7. The van der Waals surface area contributed by atoms with Gasteiger partial charge < -0.3 is 9.88 Å². The van der Waals surface area contributed by atoms with E-state index in [1.807, 2.05) is 0 Å². The van der Waals surface area contributed by atoms with E-state index in [1.54, 1.807) is 11.3 Å². The van der Waals surface area contributed by atoms with Crippen molar-refractivity contribution in [2.24, 2.45) is 0 Å². The highest BCUT2D eigenvalue weighted by Crippen LogP contribution is 2.37. The molecule has 1 amide bonds. The second-order valence-corrected chi connectivity index (χ2v) is 8.30. The van der Waals surface area contributed by atoms with Crippen LogP contribution in [0.5, 0.6) is 0 Å². The van der Waals surface area contributed by atoms with Gasteiger partial charge in [-0.25, -0.2) is 0 Å². The van der Waals surface area contributed by atoms with Crippen molar-refractivity contribution < 1.29 is 4.79 Å². The largest absolute Gasteiger partial charge is 0.316 e. The van der Waals surface area contributed by atoms with E-state index in [-0.39, 0.29) is 11.7 Å². The van der Waals surface area contributed by atoms with E-state index in [4.69, 9.17) is 0 Å². The highest BCUT2D eigenvalue weighted by atomic mass is 32.2. The van der Waals surface area contributed by atoms with Gasteiger partial charge in [-0.2, -0.15) is 5.26 Å². The third kappa shape index (κ3) is 3.94. The van der Waals surface area contributed by atoms with Crippen molar-refractivity contribution in [1.82, 2.24) is 14.8 Å². The number of thiophene rings is 1. The average Bonchev–Trinajstić information content (AvgIpc) is 3.20. The lowest BCUT2D eigenvalue weighted by molar-refractivity contribution is -0.113. The van der Waals surface area contributed by atoms with Crippen molar-refractivity contribution in [3.8, 4) is 6.07 Å². The number of nitrogens with one attached hydrogen (secondary N) is 1. The van der Waals surface area contributed by atoms with Gasteiger partial charge in [0.1, 0.15) is 16.9 Å². The van der Waals surface area contributed by atoms with Crippen LogP contribution in [0.4, 0.5) is 5.00 Å². The molecule has 1 aliphatic carbocycles. The molecule has 0 fully saturated rings. The molecule has 0 aliphatic heterocycles. The van der Waals surface area contributed by atoms with Gasteiger partial charge in [-0.15, -0.1) is 21.5 Å². The van der Waals surface area contributed by atoms with Crippen LogP contribution >= 0.6 is 23.1 Å². The minimum atomic E-state index is -0.104. The van der Waals surface area contributed by atoms with Crippen LogP contribution in [0, 0.1) is 11.3 Å². The maximum absolute atomic E-state index is 12.4. The molecule has 138 valence electrons. The predicted octanol–water partition coefficient (Wildman–Crippen LogP) is 3.79. The summed E-state index contributed by atoms with van der Waals surface area (Å²) in [6.07, 6.45) is 6.14. The zero-order valence-electron chi connectivity index (χ0n) is 15.2. The molecule has 8 heteroatoms. The molecule has 2 aromatic rings. The van der Waals surface area contributed by atoms with Crippen molar-refractivity contribution in [1.29, 1.82) is 5.26 Å². The molecule has 1 N–H and O–H groups in total. The van der Waals surface area contributed by atoms with Crippen LogP contribution in [-0.4, -0.2) is 26.4 Å². The van der Waals surface area contributed by atoms with Gasteiger partial charge in [0.15, 0.2) is 5.16 Å². The first-order valence-corrected chi connectivity index (χ1v) is 10.9. The average molecular weight is 390 g/mol. The summed E-state index contributed by atoms with van der Waals surface area (Å²) in [7, 11) is 0. The molecule has 0 radical (unpaired) electrons. The summed E-state index contributed by atoms with van der Waals surface area (Å²) in [5.41, 5.74) is 1.80. The molecule has 2 heterocycles. The van der Waals surface area contributed by atoms with Crippen molar-refractivity contribution in [3.05, 3.63) is 21.8 Å². The fourth-order valence-electron chi connectivity index (χ4n) is 3.22. The molecule has 2 aromatic heterocycles. The Balaban J connectivity index is 1.65. The zero-order valence-corrected chi connectivity index (χ0v) is 16.8. The van der Waals surface area contributed by atoms with Gasteiger partial charge >= 0.3 is 0 Å². The van der Waals surface area contributed by atoms with Crippen LogP contribution in [0.3, 0.4) is 0 Å². The second kappa shape index (κ2) is 8.69. The molecule has 0 saturated heterocycles. The lowest BCUT2D eigenvalue weighted by Crippen LogP contribution is -2.14. The number of nitriles is 1. The van der Waals surface area contributed by atoms with Gasteiger partial charge in [-0.3, -0.25) is 4.79 Å². The predicted molar refractivity (Wildman–Crippen MR) is 105 cm³/mol. The van der Waals surface area contributed by atoms with Gasteiger partial charge in [0.2, 0.25) is 5.91 Å². The van der Waals surface area contributed by atoms with Crippen molar-refractivity contribution in [2.45, 2.75) is 64.1 Å². The van der Waals surface area contributed by atoms with Gasteiger partial charge in [-0.05, 0) is 44.6 Å². The molecular formula is C18H23N5OS2. The fourth-order valence-corrected chi connectivity index (χ4v) is 5.29. The summed E-state index contributed by atoms with van der Waals surface area (Å²) < 4.78 is 2.06. The smallest absolute Gasteiger partial charge is 0.235 e. The van der Waals surface area contributed by atoms with Crippen LogP contribution in [0.1, 0.15) is 54.9 Å². The van der Waals surface area contributed by atoms with E-state index in [1.165, 1.54) is 16.6 Å². The number of carbonyl (C=O) groups excluding carboxylic acids is 1. The molecule has 0 unspecified atom stereocenters. The van der Waals surface area contributed by atoms with Crippen LogP contribution in [0.15, 0.2) is 5.16 Å². The number of carbonyl (C=O) groups is 1. The lowest BCUT2D eigenvalue weighted by atomic mass is 9.96. The number of hydrogen-bond donors (Lipinski definition) is 1. The third-order valence-corrected chi connectivity index (χ3v) is 6.63. The summed E-state index contributed by atoms with van der Waals surface area (Å²) in [5, 5.41) is 22.3. The third-order valence-electron chi connectivity index (χ3n) is 4.45. The van der Waals surface area contributed by atoms with E-state index in [0.717, 1.165) is 61.6 Å². The minimum Gasteiger partial charge on any atom is -0.316 e. The van der Waals surface area contributed by atoms with Crippen LogP contribution in [0.2, 0.25) is 0 Å². The van der Waals surface area contributed by atoms with Crippen LogP contribution < -0.4 is 5.32 Å². The van der Waals surface area contributed by atoms with Crippen molar-refractivity contribution in [2.75, 3.05) is 11.1 Å². The summed E-state index contributed by atoms with van der Waals surface area (Å²) in [6, 6.07) is 2.28. The molecule has 0 spiro atoms. The number of anilines is 1. The fraction of sp³-hybridized carbons (Fsp3) is 0.556. The maximum atomic E-state index is 12.4. The van der Waals surface area contributed by atoms with E-state index in [2.05, 4.69) is 40.0 Å². The monoisotopic (exact) mass is 389 g/mol. The summed E-state index contributed by atoms with van der Waals surface area (Å²) >= 11 is 2.95. The first-order valence-electron chi connectivity index (χ1n) is 9.07. The second-order valence-electron chi connectivity index (χ2n) is 6.26. The molecular weight excluding hydrogens is 366 g/mol. The molecule has 6 nitrogen and oxygen atoms in total. The number of amides is 1. The Morgan fingerprint density at radius 3 is 2.88 bits per heavy atom. The van der Waals surface area contributed by atoms with Crippen molar-refractivity contribution in [3.63, 3.8) is 0 Å². The van der Waals surface area contributed by atoms with E-state index < -0.39 is 0 Å². The number of aryl methyl sites for hydroxylation is 2.